The molecule has 2 aliphatic heterocycles. The van der Waals surface area contributed by atoms with Gasteiger partial charge in [0, 0.05) is 37.4 Å². The molecule has 4 heterocycles. The molecule has 0 spiro atoms. The zero-order valence-electron chi connectivity index (χ0n) is 20.6. The monoisotopic (exact) mass is 524 g/mol. The number of fused-ring (bicyclic) bond motifs is 4. The fraction of sp³-hybridized carbons (Fsp3) is 0.393. The molecule has 2 bridgehead atoms. The fourth-order valence-corrected chi connectivity index (χ4v) is 5.91. The quantitative estimate of drug-likeness (QED) is 0.386. The third-order valence-electron chi connectivity index (χ3n) is 7.61. The van der Waals surface area contributed by atoms with E-state index in [1.807, 2.05) is 4.90 Å². The first-order valence-electron chi connectivity index (χ1n) is 12.9. The van der Waals surface area contributed by atoms with Crippen LogP contribution in [-0.4, -0.2) is 57.1 Å². The lowest BCUT2D eigenvalue weighted by atomic mass is 9.86. The van der Waals surface area contributed by atoms with E-state index in [1.54, 1.807) is 24.3 Å². The number of alkyl halides is 1. The van der Waals surface area contributed by atoms with Crippen molar-refractivity contribution >= 4 is 21.7 Å². The van der Waals surface area contributed by atoms with Gasteiger partial charge < -0.3 is 9.84 Å². The second kappa shape index (κ2) is 9.99. The van der Waals surface area contributed by atoms with E-state index in [0.717, 1.165) is 12.8 Å². The number of aromatic amines is 1. The van der Waals surface area contributed by atoms with Gasteiger partial charge in [0.1, 0.15) is 23.2 Å². The molecule has 0 aliphatic carbocycles. The first-order valence-corrected chi connectivity index (χ1v) is 12.9. The number of aryl methyl sites for hydroxylation is 1. The topological polar surface area (TPSA) is 91.3 Å². The average molecular weight is 525 g/mol. The Hall–Kier alpha value is -3.50. The standard InChI is InChI=1S/C28H27F3N4O3/c29-17-12-16-5-2-10-35(14-17)27(16)38-28-33-25-20(26(37)34-28)13-32-24(23(25)31)19-6-1-4-15-8-9-21(30)18(22(15)19)7-3-11-36/h1,4,6,8-9,13,16-17,27,36H,2-3,5,7,10-12,14H2,(H,33,34,37)/t16-,17-,27?/m1/s1. The number of H-pyrrole nitrogens is 1. The first kappa shape index (κ1) is 24.8. The summed E-state index contributed by atoms with van der Waals surface area (Å²) in [6, 6.07) is 8.01. The van der Waals surface area contributed by atoms with Crippen molar-refractivity contribution in [3.05, 3.63) is 64.1 Å². The zero-order chi connectivity index (χ0) is 26.4. The van der Waals surface area contributed by atoms with E-state index in [0.29, 0.717) is 41.3 Å². The Morgan fingerprint density at radius 2 is 2.08 bits per heavy atom. The highest BCUT2D eigenvalue weighted by Gasteiger charge is 2.40. The maximum absolute atomic E-state index is 16.1. The number of hydrogen-bond acceptors (Lipinski definition) is 6. The van der Waals surface area contributed by atoms with E-state index in [4.69, 9.17) is 4.74 Å². The van der Waals surface area contributed by atoms with Crippen LogP contribution in [0.2, 0.25) is 0 Å². The Bertz CT molecular complexity index is 1560. The van der Waals surface area contributed by atoms with E-state index < -0.39 is 29.6 Å². The van der Waals surface area contributed by atoms with Crippen molar-refractivity contribution in [3.63, 3.8) is 0 Å². The predicted molar refractivity (Wildman–Crippen MR) is 137 cm³/mol. The minimum atomic E-state index is -0.928. The van der Waals surface area contributed by atoms with Crippen LogP contribution in [0.1, 0.15) is 31.2 Å². The first-order chi connectivity index (χ1) is 18.4. The molecule has 2 saturated heterocycles. The van der Waals surface area contributed by atoms with Crippen molar-refractivity contribution < 1.29 is 23.0 Å². The molecule has 2 fully saturated rings. The maximum Gasteiger partial charge on any atom is 0.298 e. The van der Waals surface area contributed by atoms with Crippen LogP contribution in [0.5, 0.6) is 6.01 Å². The van der Waals surface area contributed by atoms with E-state index in [-0.39, 0.29) is 48.1 Å². The molecule has 0 saturated carbocycles. The van der Waals surface area contributed by atoms with Gasteiger partial charge in [-0.2, -0.15) is 4.98 Å². The van der Waals surface area contributed by atoms with Gasteiger partial charge >= 0.3 is 0 Å². The molecule has 4 atom stereocenters. The Balaban J connectivity index is 1.45. The van der Waals surface area contributed by atoms with Crippen LogP contribution < -0.4 is 10.3 Å². The summed E-state index contributed by atoms with van der Waals surface area (Å²) in [6.45, 7) is 0.817. The van der Waals surface area contributed by atoms with Crippen molar-refractivity contribution in [1.82, 2.24) is 19.9 Å². The maximum atomic E-state index is 16.1. The van der Waals surface area contributed by atoms with Crippen LogP contribution in [0.4, 0.5) is 13.2 Å². The third kappa shape index (κ3) is 4.31. The van der Waals surface area contributed by atoms with E-state index >= 15 is 4.39 Å². The lowest BCUT2D eigenvalue weighted by molar-refractivity contribution is -0.0990. The minimum absolute atomic E-state index is 0.0431. The normalized spacial score (nSPS) is 23.2. The summed E-state index contributed by atoms with van der Waals surface area (Å²) in [5.41, 5.74) is -0.156. The molecular weight excluding hydrogens is 497 g/mol. The number of pyridine rings is 1. The number of aliphatic hydroxyl groups excluding tert-OH is 1. The number of nitrogens with one attached hydrogen (secondary N) is 1. The van der Waals surface area contributed by atoms with Gasteiger partial charge in [0.2, 0.25) is 0 Å². The molecule has 2 N–H and O–H groups in total. The Morgan fingerprint density at radius 1 is 1.21 bits per heavy atom. The highest BCUT2D eigenvalue weighted by atomic mass is 19.1. The average Bonchev–Trinajstić information content (AvgIpc) is 2.89. The van der Waals surface area contributed by atoms with E-state index in [2.05, 4.69) is 15.0 Å². The zero-order valence-corrected chi connectivity index (χ0v) is 20.6. The van der Waals surface area contributed by atoms with Crippen molar-refractivity contribution in [2.24, 2.45) is 5.92 Å². The van der Waals surface area contributed by atoms with Crippen LogP contribution in [0.3, 0.4) is 0 Å². The number of ether oxygens (including phenoxy) is 1. The number of aromatic nitrogens is 3. The van der Waals surface area contributed by atoms with Gasteiger partial charge in [-0.15, -0.1) is 0 Å². The van der Waals surface area contributed by atoms with Gasteiger partial charge in [-0.05, 0) is 54.5 Å². The lowest BCUT2D eigenvalue weighted by Crippen LogP contribution is -2.55. The molecule has 4 aromatic rings. The molecule has 6 rings (SSSR count). The molecule has 2 unspecified atom stereocenters. The van der Waals surface area contributed by atoms with Crippen LogP contribution in [0.25, 0.3) is 32.9 Å². The Kier molecular flexibility index (Phi) is 6.53. The van der Waals surface area contributed by atoms with Gasteiger partial charge in [-0.3, -0.25) is 19.7 Å². The van der Waals surface area contributed by atoms with Crippen LogP contribution in [0.15, 0.2) is 41.3 Å². The van der Waals surface area contributed by atoms with Gasteiger partial charge in [-0.25, -0.2) is 13.2 Å². The van der Waals surface area contributed by atoms with Crippen LogP contribution >= 0.6 is 0 Å². The number of hydrogen-bond donors (Lipinski definition) is 2. The number of nitrogens with zero attached hydrogens (tertiary/aromatic N) is 3. The lowest BCUT2D eigenvalue weighted by Gasteiger charge is -2.45. The van der Waals surface area contributed by atoms with Crippen LogP contribution in [-0.2, 0) is 6.42 Å². The van der Waals surface area contributed by atoms with Crippen LogP contribution in [0, 0.1) is 17.6 Å². The molecular formula is C28H27F3N4O3. The number of aliphatic hydroxyl groups is 1. The molecule has 0 amide bonds. The molecule has 2 aromatic carbocycles. The second-order valence-corrected chi connectivity index (χ2v) is 10.0. The number of piperidine rings is 2. The molecule has 38 heavy (non-hydrogen) atoms. The van der Waals surface area contributed by atoms with Crippen molar-refractivity contribution in [1.29, 1.82) is 0 Å². The number of rotatable bonds is 6. The summed E-state index contributed by atoms with van der Waals surface area (Å²) in [7, 11) is 0. The SMILES string of the molecule is O=c1[nH]c(OC2[C@@H]3CCCN2C[C@H](F)C3)nc2c(F)c(-c3cccc4ccc(F)c(CCCO)c34)ncc12. The highest BCUT2D eigenvalue weighted by Crippen LogP contribution is 2.36. The summed E-state index contributed by atoms with van der Waals surface area (Å²) in [4.78, 5) is 25.9. The van der Waals surface area contributed by atoms with Gasteiger partial charge in [-0.1, -0.05) is 24.3 Å². The van der Waals surface area contributed by atoms with E-state index in [1.165, 1.54) is 12.3 Å². The molecule has 10 heteroatoms. The molecule has 2 aromatic heterocycles. The molecule has 7 nitrogen and oxygen atoms in total. The smallest absolute Gasteiger partial charge is 0.298 e. The molecule has 2 aliphatic rings. The summed E-state index contributed by atoms with van der Waals surface area (Å²) >= 11 is 0. The summed E-state index contributed by atoms with van der Waals surface area (Å²) in [6.07, 6.45) is 2.60. The van der Waals surface area contributed by atoms with Gasteiger partial charge in [0.15, 0.2) is 12.0 Å². The third-order valence-corrected chi connectivity index (χ3v) is 7.61. The molecule has 0 radical (unpaired) electrons. The molecule has 198 valence electrons. The summed E-state index contributed by atoms with van der Waals surface area (Å²) in [5, 5.41) is 10.5. The van der Waals surface area contributed by atoms with Crippen molar-refractivity contribution in [2.45, 2.75) is 44.5 Å². The summed E-state index contributed by atoms with van der Waals surface area (Å²) < 4.78 is 51.1. The van der Waals surface area contributed by atoms with Crippen molar-refractivity contribution in [2.75, 3.05) is 19.7 Å². The van der Waals surface area contributed by atoms with Crippen molar-refractivity contribution in [3.8, 4) is 17.3 Å². The Labute approximate surface area is 216 Å². The van der Waals surface area contributed by atoms with E-state index in [9.17, 15) is 18.7 Å². The fourth-order valence-electron chi connectivity index (χ4n) is 5.91. The van der Waals surface area contributed by atoms with Gasteiger partial charge in [0.05, 0.1) is 5.39 Å². The summed E-state index contributed by atoms with van der Waals surface area (Å²) in [5.74, 6) is -1.32. The largest absolute Gasteiger partial charge is 0.445 e. The minimum Gasteiger partial charge on any atom is -0.445 e. The number of halogens is 3. The Morgan fingerprint density at radius 3 is 2.89 bits per heavy atom. The predicted octanol–water partition coefficient (Wildman–Crippen LogP) is 4.50. The second-order valence-electron chi connectivity index (χ2n) is 10.0. The highest BCUT2D eigenvalue weighted by molar-refractivity contribution is 5.99. The number of benzene rings is 2. The van der Waals surface area contributed by atoms with Gasteiger partial charge in [0.25, 0.3) is 11.6 Å².